The summed E-state index contributed by atoms with van der Waals surface area (Å²) in [6.07, 6.45) is 0. The highest BCUT2D eigenvalue weighted by Crippen LogP contribution is 2.24. The molecule has 0 fully saturated rings. The Kier molecular flexibility index (Phi) is 5.72. The maximum Gasteiger partial charge on any atom is 0.339 e. The number of amides is 1. The molecule has 0 spiro atoms. The molecule has 1 heterocycles. The van der Waals surface area contributed by atoms with E-state index in [1.54, 1.807) is 18.9 Å². The quantitative estimate of drug-likeness (QED) is 0.808. The number of carbonyl (C=O) groups is 2. The average Bonchev–Trinajstić information content (AvgIpc) is 2.86. The van der Waals surface area contributed by atoms with Gasteiger partial charge in [0.2, 0.25) is 5.91 Å². The molecule has 0 aliphatic carbocycles. The fraction of sp³-hybridized carbons (Fsp3) is 0.333. The molecule has 0 saturated carbocycles. The van der Waals surface area contributed by atoms with E-state index in [1.807, 2.05) is 26.0 Å². The van der Waals surface area contributed by atoms with Gasteiger partial charge in [0.15, 0.2) is 0 Å². The molecule has 128 valence electrons. The molecule has 0 aliphatic rings. The van der Waals surface area contributed by atoms with Crippen molar-refractivity contribution in [2.45, 2.75) is 32.2 Å². The Bertz CT molecular complexity index is 766. The van der Waals surface area contributed by atoms with E-state index in [-0.39, 0.29) is 18.0 Å². The van der Waals surface area contributed by atoms with Gasteiger partial charge in [0, 0.05) is 11.9 Å². The molecule has 0 bridgehead atoms. The van der Waals surface area contributed by atoms with Crippen LogP contribution >= 0.6 is 11.8 Å². The number of carboxylic acids is 1. The van der Waals surface area contributed by atoms with Gasteiger partial charge in [0.05, 0.1) is 12.3 Å². The Morgan fingerprint density at radius 1 is 1.21 bits per heavy atom. The highest BCUT2D eigenvalue weighted by atomic mass is 32.2. The number of benzene rings is 1. The van der Waals surface area contributed by atoms with Crippen LogP contribution in [0.4, 0.5) is 0 Å². The van der Waals surface area contributed by atoms with Crippen LogP contribution < -0.4 is 0 Å². The largest absolute Gasteiger partial charge is 0.478 e. The van der Waals surface area contributed by atoms with Crippen molar-refractivity contribution in [2.75, 3.05) is 12.8 Å². The number of carboxylic acid groups (broad SMARTS) is 1. The fourth-order valence-corrected chi connectivity index (χ4v) is 3.32. The summed E-state index contributed by atoms with van der Waals surface area (Å²) < 4.78 is 5.41. The molecule has 0 atom stereocenters. The topological polar surface area (TPSA) is 70.8 Å². The first kappa shape index (κ1) is 18.1. The molecular formula is C18H21NO4S. The van der Waals surface area contributed by atoms with Crippen molar-refractivity contribution in [2.24, 2.45) is 0 Å². The standard InChI is InChI=1S/C18H21NO4S/c1-11-5-6-16(12(2)7-11)24-10-17(20)19(4)9-14-8-15(18(21)22)13(3)23-14/h5-8H,9-10H2,1-4H3,(H,21,22). The van der Waals surface area contributed by atoms with Gasteiger partial charge in [-0.2, -0.15) is 0 Å². The number of carbonyl (C=O) groups excluding carboxylic acids is 1. The van der Waals surface area contributed by atoms with E-state index in [0.717, 1.165) is 10.5 Å². The van der Waals surface area contributed by atoms with Crippen LogP contribution in [0.25, 0.3) is 0 Å². The zero-order chi connectivity index (χ0) is 17.9. The lowest BCUT2D eigenvalue weighted by atomic mass is 10.2. The summed E-state index contributed by atoms with van der Waals surface area (Å²) in [5.74, 6) is 0.0827. The molecule has 1 N–H and O–H groups in total. The molecule has 0 saturated heterocycles. The number of rotatable bonds is 6. The van der Waals surface area contributed by atoms with Gasteiger partial charge in [0.1, 0.15) is 17.1 Å². The maximum atomic E-state index is 12.3. The molecule has 0 radical (unpaired) electrons. The highest BCUT2D eigenvalue weighted by Gasteiger charge is 2.17. The summed E-state index contributed by atoms with van der Waals surface area (Å²) in [7, 11) is 1.68. The lowest BCUT2D eigenvalue weighted by molar-refractivity contribution is -0.127. The monoisotopic (exact) mass is 347 g/mol. The molecule has 5 nitrogen and oxygen atoms in total. The smallest absolute Gasteiger partial charge is 0.339 e. The minimum absolute atomic E-state index is 0.0362. The first-order valence-corrected chi connectivity index (χ1v) is 8.53. The summed E-state index contributed by atoms with van der Waals surface area (Å²) in [5.41, 5.74) is 2.49. The molecular weight excluding hydrogens is 326 g/mol. The van der Waals surface area contributed by atoms with Crippen LogP contribution in [-0.4, -0.2) is 34.7 Å². The Morgan fingerprint density at radius 3 is 2.50 bits per heavy atom. The normalized spacial score (nSPS) is 10.7. The van der Waals surface area contributed by atoms with Gasteiger partial charge in [-0.05, 0) is 38.5 Å². The van der Waals surface area contributed by atoms with Gasteiger partial charge < -0.3 is 14.4 Å². The first-order valence-electron chi connectivity index (χ1n) is 7.54. The number of furan rings is 1. The molecule has 0 unspecified atom stereocenters. The van der Waals surface area contributed by atoms with E-state index in [2.05, 4.69) is 6.07 Å². The number of aryl methyl sites for hydroxylation is 3. The summed E-state index contributed by atoms with van der Waals surface area (Å²) in [5, 5.41) is 9.03. The van der Waals surface area contributed by atoms with Gasteiger partial charge in [-0.25, -0.2) is 4.79 Å². The van der Waals surface area contributed by atoms with Crippen molar-refractivity contribution in [1.82, 2.24) is 4.90 Å². The zero-order valence-corrected chi connectivity index (χ0v) is 15.1. The van der Waals surface area contributed by atoms with E-state index >= 15 is 0 Å². The van der Waals surface area contributed by atoms with Gasteiger partial charge in [-0.3, -0.25) is 4.79 Å². The predicted molar refractivity (Wildman–Crippen MR) is 93.5 cm³/mol. The van der Waals surface area contributed by atoms with Crippen LogP contribution in [0.3, 0.4) is 0 Å². The highest BCUT2D eigenvalue weighted by molar-refractivity contribution is 8.00. The Labute approximate surface area is 145 Å². The van der Waals surface area contributed by atoms with Crippen LogP contribution in [0.15, 0.2) is 33.6 Å². The molecule has 1 aromatic carbocycles. The molecule has 1 aromatic heterocycles. The third kappa shape index (κ3) is 4.41. The van der Waals surface area contributed by atoms with Crippen LogP contribution in [-0.2, 0) is 11.3 Å². The van der Waals surface area contributed by atoms with Crippen molar-refractivity contribution >= 4 is 23.6 Å². The average molecular weight is 347 g/mol. The van der Waals surface area contributed by atoms with Gasteiger partial charge in [-0.1, -0.05) is 17.7 Å². The third-order valence-electron chi connectivity index (χ3n) is 3.70. The van der Waals surface area contributed by atoms with Crippen molar-refractivity contribution in [1.29, 1.82) is 0 Å². The van der Waals surface area contributed by atoms with Gasteiger partial charge in [-0.15, -0.1) is 11.8 Å². The number of thioether (sulfide) groups is 1. The summed E-state index contributed by atoms with van der Waals surface area (Å²) in [6, 6.07) is 7.62. The molecule has 2 aromatic rings. The second kappa shape index (κ2) is 7.57. The summed E-state index contributed by atoms with van der Waals surface area (Å²) >= 11 is 1.50. The van der Waals surface area contributed by atoms with E-state index < -0.39 is 5.97 Å². The van der Waals surface area contributed by atoms with E-state index in [0.29, 0.717) is 17.3 Å². The summed E-state index contributed by atoms with van der Waals surface area (Å²) in [4.78, 5) is 25.9. The lowest BCUT2D eigenvalue weighted by Crippen LogP contribution is -2.27. The van der Waals surface area contributed by atoms with Crippen molar-refractivity contribution in [3.63, 3.8) is 0 Å². The third-order valence-corrected chi connectivity index (χ3v) is 4.86. The van der Waals surface area contributed by atoms with Gasteiger partial charge >= 0.3 is 5.97 Å². The second-order valence-corrected chi connectivity index (χ2v) is 6.81. The Hall–Kier alpha value is -2.21. The molecule has 24 heavy (non-hydrogen) atoms. The van der Waals surface area contributed by atoms with Crippen molar-refractivity contribution in [3.05, 3.63) is 52.5 Å². The predicted octanol–water partition coefficient (Wildman–Crippen LogP) is 3.65. The van der Waals surface area contributed by atoms with Gasteiger partial charge in [0.25, 0.3) is 0 Å². The van der Waals surface area contributed by atoms with Crippen LogP contribution in [0, 0.1) is 20.8 Å². The minimum atomic E-state index is -1.03. The molecule has 2 rings (SSSR count). The Morgan fingerprint density at radius 2 is 1.92 bits per heavy atom. The fourth-order valence-electron chi connectivity index (χ4n) is 2.37. The lowest BCUT2D eigenvalue weighted by Gasteiger charge is -2.16. The molecule has 0 aliphatic heterocycles. The second-order valence-electron chi connectivity index (χ2n) is 5.80. The van der Waals surface area contributed by atoms with Crippen molar-refractivity contribution in [3.8, 4) is 0 Å². The maximum absolute atomic E-state index is 12.3. The summed E-state index contributed by atoms with van der Waals surface area (Å²) in [6.45, 7) is 5.92. The zero-order valence-electron chi connectivity index (χ0n) is 14.3. The van der Waals surface area contributed by atoms with Crippen molar-refractivity contribution < 1.29 is 19.1 Å². The van der Waals surface area contributed by atoms with E-state index in [1.165, 1.54) is 23.4 Å². The number of hydrogen-bond donors (Lipinski definition) is 1. The number of hydrogen-bond acceptors (Lipinski definition) is 4. The van der Waals surface area contributed by atoms with Crippen LogP contribution in [0.2, 0.25) is 0 Å². The van der Waals surface area contributed by atoms with E-state index in [4.69, 9.17) is 9.52 Å². The van der Waals surface area contributed by atoms with Crippen LogP contribution in [0.1, 0.15) is 33.0 Å². The first-order chi connectivity index (χ1) is 11.3. The van der Waals surface area contributed by atoms with Crippen LogP contribution in [0.5, 0.6) is 0 Å². The number of nitrogens with zero attached hydrogens (tertiary/aromatic N) is 1. The molecule has 6 heteroatoms. The minimum Gasteiger partial charge on any atom is -0.478 e. The SMILES string of the molecule is Cc1ccc(SCC(=O)N(C)Cc2cc(C(=O)O)c(C)o2)c(C)c1. The Balaban J connectivity index is 1.94. The molecule has 1 amide bonds. The number of aromatic carboxylic acids is 1. The van der Waals surface area contributed by atoms with E-state index in [9.17, 15) is 9.59 Å².